The van der Waals surface area contributed by atoms with Crippen LogP contribution in [0.3, 0.4) is 0 Å². The van der Waals surface area contributed by atoms with Gasteiger partial charge in [0.05, 0.1) is 21.7 Å². The lowest BCUT2D eigenvalue weighted by molar-refractivity contribution is -0.132. The van der Waals surface area contributed by atoms with Gasteiger partial charge in [-0.1, -0.05) is 61.9 Å². The van der Waals surface area contributed by atoms with Crippen LogP contribution in [0.1, 0.15) is 36.5 Å². The summed E-state index contributed by atoms with van der Waals surface area (Å²) < 4.78 is 2.98. The van der Waals surface area contributed by atoms with E-state index in [0.717, 1.165) is 16.7 Å². The first-order valence-corrected chi connectivity index (χ1v) is 13.7. The van der Waals surface area contributed by atoms with Crippen LogP contribution in [0.4, 0.5) is 0 Å². The molecule has 1 aliphatic rings. The molecule has 1 fully saturated rings. The van der Waals surface area contributed by atoms with Crippen molar-refractivity contribution in [1.82, 2.24) is 14.0 Å². The number of aromatic hydroxyl groups is 1. The van der Waals surface area contributed by atoms with E-state index >= 15 is 0 Å². The Morgan fingerprint density at radius 1 is 1.05 bits per heavy atom. The van der Waals surface area contributed by atoms with E-state index in [4.69, 9.17) is 11.6 Å². The van der Waals surface area contributed by atoms with Gasteiger partial charge in [0.1, 0.15) is 5.75 Å². The van der Waals surface area contributed by atoms with Crippen LogP contribution in [-0.4, -0.2) is 38.1 Å². The number of halogens is 1. The summed E-state index contributed by atoms with van der Waals surface area (Å²) in [6, 6.07) is 14.6. The van der Waals surface area contributed by atoms with Gasteiger partial charge in [-0.25, -0.2) is 0 Å². The molecule has 1 saturated heterocycles. The Morgan fingerprint density at radius 3 is 2.45 bits per heavy atom. The molecule has 206 valence electrons. The summed E-state index contributed by atoms with van der Waals surface area (Å²) in [5.74, 6) is 0.00351. The van der Waals surface area contributed by atoms with E-state index < -0.39 is 11.1 Å². The Balaban J connectivity index is 1.82. The molecule has 1 aromatic heterocycles. The summed E-state index contributed by atoms with van der Waals surface area (Å²) in [6.45, 7) is 12.7. The molecular weight excluding hydrogens is 526 g/mol. The number of nitrogens with zero attached hydrogens (tertiary/aromatic N) is 3. The third-order valence-corrected chi connectivity index (χ3v) is 7.98. The molecule has 1 aliphatic heterocycles. The number of aromatic nitrogens is 2. The number of likely N-dealkylation sites (tertiary alicyclic amines) is 1. The van der Waals surface area contributed by atoms with E-state index in [0.29, 0.717) is 46.0 Å². The highest BCUT2D eigenvalue weighted by atomic mass is 35.5. The van der Waals surface area contributed by atoms with Crippen LogP contribution >= 0.6 is 11.6 Å². The highest BCUT2D eigenvalue weighted by Gasteiger charge is 2.31. The molecule has 40 heavy (non-hydrogen) atoms. The Labute approximate surface area is 237 Å². The molecule has 0 atom stereocenters. The molecular formula is C32H32ClN3O4. The second kappa shape index (κ2) is 10.5. The minimum atomic E-state index is -0.663. The first-order chi connectivity index (χ1) is 19.0. The van der Waals surface area contributed by atoms with E-state index in [2.05, 4.69) is 6.58 Å². The molecule has 5 rings (SSSR count). The maximum Gasteiger partial charge on any atom is 0.321 e. The van der Waals surface area contributed by atoms with Gasteiger partial charge in [-0.15, -0.1) is 0 Å². The average molecular weight is 558 g/mol. The molecule has 0 aliphatic carbocycles. The van der Waals surface area contributed by atoms with Crippen molar-refractivity contribution in [2.75, 3.05) is 13.1 Å². The number of amides is 1. The van der Waals surface area contributed by atoms with Gasteiger partial charge < -0.3 is 14.6 Å². The lowest BCUT2D eigenvalue weighted by atomic mass is 9.97. The quantitative estimate of drug-likeness (QED) is 0.248. The highest BCUT2D eigenvalue weighted by Crippen LogP contribution is 2.38. The number of phenols is 1. The van der Waals surface area contributed by atoms with Gasteiger partial charge in [-0.2, -0.15) is 0 Å². The van der Waals surface area contributed by atoms with Crippen LogP contribution < -0.4 is 11.1 Å². The van der Waals surface area contributed by atoms with Crippen LogP contribution in [0.2, 0.25) is 5.02 Å². The number of phenolic OH excluding ortho intramolecular Hbond substituents is 1. The third-order valence-electron chi connectivity index (χ3n) is 7.67. The molecule has 1 N–H and O–H groups in total. The molecule has 0 radical (unpaired) electrons. The SMILES string of the molecule is C=CC(=O)N1CC(Cn2c(=O)c(=O)n(-c3c(C)cccc3C(C)C)c3cc(-c4cc(C)ccc4O)c(Cl)cc32)C1. The Morgan fingerprint density at radius 2 is 1.77 bits per heavy atom. The minimum absolute atomic E-state index is 0.00371. The van der Waals surface area contributed by atoms with Gasteiger partial charge in [0.15, 0.2) is 0 Å². The molecule has 3 aromatic carbocycles. The lowest BCUT2D eigenvalue weighted by Gasteiger charge is -2.39. The van der Waals surface area contributed by atoms with Crippen molar-refractivity contribution < 1.29 is 9.90 Å². The third kappa shape index (κ3) is 4.64. The van der Waals surface area contributed by atoms with Crippen LogP contribution in [0.25, 0.3) is 27.8 Å². The van der Waals surface area contributed by atoms with Crippen molar-refractivity contribution in [1.29, 1.82) is 0 Å². The zero-order chi connectivity index (χ0) is 28.9. The largest absolute Gasteiger partial charge is 0.507 e. The van der Waals surface area contributed by atoms with Crippen LogP contribution in [0, 0.1) is 19.8 Å². The number of hydrogen-bond acceptors (Lipinski definition) is 4. The average Bonchev–Trinajstić information content (AvgIpc) is 2.89. The van der Waals surface area contributed by atoms with E-state index in [-0.39, 0.29) is 30.0 Å². The van der Waals surface area contributed by atoms with E-state index in [1.165, 1.54) is 15.2 Å². The van der Waals surface area contributed by atoms with Crippen molar-refractivity contribution in [3.05, 3.63) is 104 Å². The number of carbonyl (C=O) groups excluding carboxylic acids is 1. The molecule has 0 unspecified atom stereocenters. The van der Waals surface area contributed by atoms with Gasteiger partial charge in [-0.3, -0.25) is 19.0 Å². The second-order valence-corrected chi connectivity index (χ2v) is 11.3. The van der Waals surface area contributed by atoms with Gasteiger partial charge in [0, 0.05) is 36.7 Å². The maximum atomic E-state index is 14.0. The zero-order valence-electron chi connectivity index (χ0n) is 23.1. The molecule has 7 nitrogen and oxygen atoms in total. The number of rotatable bonds is 6. The number of fused-ring (bicyclic) bond motifs is 1. The number of aryl methyl sites for hydroxylation is 2. The molecule has 0 spiro atoms. The molecule has 4 aromatic rings. The normalized spacial score (nSPS) is 13.6. The van der Waals surface area contributed by atoms with E-state index in [1.807, 2.05) is 58.0 Å². The molecule has 2 heterocycles. The summed E-state index contributed by atoms with van der Waals surface area (Å²) >= 11 is 6.83. The Kier molecular flexibility index (Phi) is 7.19. The van der Waals surface area contributed by atoms with E-state index in [9.17, 15) is 19.5 Å². The fourth-order valence-corrected chi connectivity index (χ4v) is 5.82. The first kappa shape index (κ1) is 27.5. The first-order valence-electron chi connectivity index (χ1n) is 13.3. The summed E-state index contributed by atoms with van der Waals surface area (Å²) in [4.78, 5) is 41.3. The van der Waals surface area contributed by atoms with E-state index in [1.54, 1.807) is 23.1 Å². The number of carbonyl (C=O) groups is 1. The minimum Gasteiger partial charge on any atom is -0.507 e. The second-order valence-electron chi connectivity index (χ2n) is 10.9. The predicted molar refractivity (Wildman–Crippen MR) is 160 cm³/mol. The summed E-state index contributed by atoms with van der Waals surface area (Å²) in [7, 11) is 0. The van der Waals surface area contributed by atoms with Crippen LogP contribution in [0.15, 0.2) is 70.8 Å². The molecule has 0 bridgehead atoms. The number of benzene rings is 3. The fourth-order valence-electron chi connectivity index (χ4n) is 5.56. The maximum absolute atomic E-state index is 14.0. The predicted octanol–water partition coefficient (Wildman–Crippen LogP) is 5.56. The topological polar surface area (TPSA) is 84.5 Å². The van der Waals surface area contributed by atoms with Gasteiger partial charge in [0.25, 0.3) is 0 Å². The standard InChI is InChI=1S/C32H32ClN3O4/c1-6-29(38)34-15-21(16-34)17-35-26-14-25(33)23(24-12-19(4)10-11-28(24)37)13-27(26)36(32(40)31(35)39)30-20(5)8-7-9-22(30)18(2)3/h6-14,18,21,37H,1,15-17H2,2-5H3. The van der Waals surface area contributed by atoms with Crippen molar-refractivity contribution in [2.45, 2.75) is 40.2 Å². The van der Waals surface area contributed by atoms with Crippen LogP contribution in [-0.2, 0) is 11.3 Å². The Hall–Kier alpha value is -4.10. The van der Waals surface area contributed by atoms with Crippen molar-refractivity contribution in [3.8, 4) is 22.6 Å². The van der Waals surface area contributed by atoms with Gasteiger partial charge in [-0.05, 0) is 61.2 Å². The summed E-state index contributed by atoms with van der Waals surface area (Å²) in [5, 5.41) is 11.1. The lowest BCUT2D eigenvalue weighted by Crippen LogP contribution is -2.52. The number of para-hydroxylation sites is 1. The van der Waals surface area contributed by atoms with Gasteiger partial charge in [0.2, 0.25) is 5.91 Å². The van der Waals surface area contributed by atoms with Crippen molar-refractivity contribution in [2.24, 2.45) is 5.92 Å². The number of hydrogen-bond donors (Lipinski definition) is 1. The van der Waals surface area contributed by atoms with Crippen molar-refractivity contribution in [3.63, 3.8) is 0 Å². The molecule has 0 saturated carbocycles. The monoisotopic (exact) mass is 557 g/mol. The Bertz CT molecular complexity index is 1800. The van der Waals surface area contributed by atoms with Gasteiger partial charge >= 0.3 is 11.1 Å². The smallest absolute Gasteiger partial charge is 0.321 e. The molecule has 1 amide bonds. The zero-order valence-corrected chi connectivity index (χ0v) is 23.8. The van der Waals surface area contributed by atoms with Crippen LogP contribution in [0.5, 0.6) is 5.75 Å². The molecule has 8 heteroatoms. The summed E-state index contributed by atoms with van der Waals surface area (Å²) in [6.07, 6.45) is 1.27. The van der Waals surface area contributed by atoms with Crippen molar-refractivity contribution >= 4 is 28.5 Å². The fraction of sp³-hybridized carbons (Fsp3) is 0.281. The highest BCUT2D eigenvalue weighted by molar-refractivity contribution is 6.34. The summed E-state index contributed by atoms with van der Waals surface area (Å²) in [5.41, 5.74) is 4.21.